The molecule has 2 rings (SSSR count). The van der Waals surface area contributed by atoms with Gasteiger partial charge in [0.05, 0.1) is 11.6 Å². The van der Waals surface area contributed by atoms with Crippen molar-refractivity contribution < 1.29 is 4.12 Å². The lowest BCUT2D eigenvalue weighted by Crippen LogP contribution is -2.57. The molecule has 2 nitrogen and oxygen atoms in total. The van der Waals surface area contributed by atoms with E-state index in [1.54, 1.807) is 0 Å². The van der Waals surface area contributed by atoms with Gasteiger partial charge in [0.15, 0.2) is 8.32 Å². The van der Waals surface area contributed by atoms with E-state index < -0.39 is 16.6 Å². The smallest absolute Gasteiger partial charge is 0.211 e. The molecule has 0 aliphatic heterocycles. The third-order valence-electron chi connectivity index (χ3n) is 6.31. The van der Waals surface area contributed by atoms with Crippen LogP contribution in [0.5, 0.6) is 0 Å². The highest BCUT2D eigenvalue weighted by Gasteiger charge is 2.42. The van der Waals surface area contributed by atoms with E-state index in [2.05, 4.69) is 65.0 Å². The van der Waals surface area contributed by atoms with E-state index in [1.807, 2.05) is 24.3 Å². The van der Waals surface area contributed by atoms with Crippen molar-refractivity contribution in [2.45, 2.75) is 71.3 Å². The summed E-state index contributed by atoms with van der Waals surface area (Å²) in [5.74, 6) is 0. The van der Waals surface area contributed by atoms with Crippen molar-refractivity contribution in [2.75, 3.05) is 0 Å². The maximum Gasteiger partial charge on any atom is 0.211 e. The molecule has 0 saturated carbocycles. The Balaban J connectivity index is 2.36. The fraction of sp³-hybridized carbons (Fsp3) is 0.458. The van der Waals surface area contributed by atoms with Crippen LogP contribution in [0.2, 0.25) is 30.2 Å². The van der Waals surface area contributed by atoms with Gasteiger partial charge < -0.3 is 4.12 Å². The molecule has 0 aliphatic rings. The summed E-state index contributed by atoms with van der Waals surface area (Å²) >= 11 is 0. The molecule has 0 N–H and O–H groups in total. The number of nitriles is 1. The van der Waals surface area contributed by atoms with E-state index in [9.17, 15) is 0 Å². The lowest BCUT2D eigenvalue weighted by Gasteiger charge is -2.41. The van der Waals surface area contributed by atoms with Crippen LogP contribution in [0, 0.1) is 11.3 Å². The van der Waals surface area contributed by atoms with E-state index in [4.69, 9.17) is 9.38 Å². The van der Waals surface area contributed by atoms with Gasteiger partial charge in [0.25, 0.3) is 0 Å². The summed E-state index contributed by atoms with van der Waals surface area (Å²) in [6.07, 6.45) is 1.23. The van der Waals surface area contributed by atoms with E-state index in [0.717, 1.165) is 17.7 Å². The Morgan fingerprint density at radius 1 is 0.750 bits per heavy atom. The van der Waals surface area contributed by atoms with Crippen molar-refractivity contribution >= 4 is 21.8 Å². The van der Waals surface area contributed by atoms with Crippen LogP contribution in [0.25, 0.3) is 11.1 Å². The minimum atomic E-state index is -1.95. The Hall–Kier alpha value is -1.68. The zero-order chi connectivity index (χ0) is 20.6. The topological polar surface area (TPSA) is 33.0 Å². The third-order valence-corrected chi connectivity index (χ3v) is 17.3. The highest BCUT2D eigenvalue weighted by Crippen LogP contribution is 2.31. The van der Waals surface area contributed by atoms with Crippen LogP contribution < -0.4 is 5.19 Å². The Morgan fingerprint density at radius 3 is 1.64 bits per heavy atom. The van der Waals surface area contributed by atoms with Gasteiger partial charge in [-0.3, -0.25) is 0 Å². The summed E-state index contributed by atoms with van der Waals surface area (Å²) in [6.45, 7) is 11.6. The predicted molar refractivity (Wildman–Crippen MR) is 126 cm³/mol. The van der Waals surface area contributed by atoms with Crippen LogP contribution in [-0.4, -0.2) is 16.6 Å². The average Bonchev–Trinajstić information content (AvgIpc) is 2.77. The molecule has 0 fully saturated rings. The molecule has 150 valence electrons. The SMILES string of the molecule is CCC[Si](CC)(CC)O[Si](CC)(CC)c1ccc(-c2ccc(C#N)cc2)cc1. The molecule has 0 saturated heterocycles. The monoisotopic (exact) mass is 409 g/mol. The van der Waals surface area contributed by atoms with Crippen molar-refractivity contribution in [3.63, 3.8) is 0 Å². The second kappa shape index (κ2) is 10.2. The largest absolute Gasteiger partial charge is 0.452 e. The van der Waals surface area contributed by atoms with Gasteiger partial charge in [0.1, 0.15) is 0 Å². The van der Waals surface area contributed by atoms with Gasteiger partial charge >= 0.3 is 0 Å². The van der Waals surface area contributed by atoms with Crippen LogP contribution in [0.15, 0.2) is 48.5 Å². The first-order valence-electron chi connectivity index (χ1n) is 10.8. The number of nitrogens with zero attached hydrogens (tertiary/aromatic N) is 1. The maximum atomic E-state index is 8.99. The fourth-order valence-corrected chi connectivity index (χ4v) is 14.9. The third kappa shape index (κ3) is 4.83. The fourth-order valence-electron chi connectivity index (χ4n) is 4.23. The summed E-state index contributed by atoms with van der Waals surface area (Å²) < 4.78 is 7.27. The molecule has 0 bridgehead atoms. The lowest BCUT2D eigenvalue weighted by atomic mass is 10.0. The first kappa shape index (κ1) is 22.6. The molecule has 28 heavy (non-hydrogen) atoms. The van der Waals surface area contributed by atoms with E-state index in [-0.39, 0.29) is 0 Å². The first-order valence-corrected chi connectivity index (χ1v) is 15.7. The summed E-state index contributed by atoms with van der Waals surface area (Å²) in [4.78, 5) is 0. The van der Waals surface area contributed by atoms with Crippen molar-refractivity contribution in [1.29, 1.82) is 5.26 Å². The van der Waals surface area contributed by atoms with E-state index in [0.29, 0.717) is 5.56 Å². The Kier molecular flexibility index (Phi) is 8.24. The van der Waals surface area contributed by atoms with Gasteiger partial charge in [-0.2, -0.15) is 5.26 Å². The van der Waals surface area contributed by atoms with Crippen molar-refractivity contribution in [3.8, 4) is 17.2 Å². The Morgan fingerprint density at radius 2 is 1.25 bits per heavy atom. The molecule has 0 aliphatic carbocycles. The minimum absolute atomic E-state index is 0.702. The number of hydrogen-bond donors (Lipinski definition) is 0. The Bertz CT molecular complexity index is 770. The molecule has 0 radical (unpaired) electrons. The van der Waals surface area contributed by atoms with Crippen LogP contribution in [0.4, 0.5) is 0 Å². The van der Waals surface area contributed by atoms with Gasteiger partial charge in [-0.1, -0.05) is 77.4 Å². The number of benzene rings is 2. The molecule has 0 heterocycles. The molecule has 0 amide bonds. The van der Waals surface area contributed by atoms with E-state index in [1.165, 1.54) is 35.3 Å². The van der Waals surface area contributed by atoms with Crippen LogP contribution in [-0.2, 0) is 4.12 Å². The zero-order valence-corrected chi connectivity index (χ0v) is 20.2. The van der Waals surface area contributed by atoms with Gasteiger partial charge in [0.2, 0.25) is 8.32 Å². The van der Waals surface area contributed by atoms with Crippen LogP contribution >= 0.6 is 0 Å². The van der Waals surface area contributed by atoms with Crippen molar-refractivity contribution in [2.24, 2.45) is 0 Å². The molecule has 0 unspecified atom stereocenters. The second-order valence-electron chi connectivity index (χ2n) is 7.71. The first-order chi connectivity index (χ1) is 13.5. The van der Waals surface area contributed by atoms with Crippen molar-refractivity contribution in [1.82, 2.24) is 0 Å². The molecule has 0 atom stereocenters. The van der Waals surface area contributed by atoms with Gasteiger partial charge in [0, 0.05) is 0 Å². The maximum absolute atomic E-state index is 8.99. The summed E-state index contributed by atoms with van der Waals surface area (Å²) in [6, 6.07) is 25.1. The second-order valence-corrected chi connectivity index (χ2v) is 16.8. The molecule has 0 spiro atoms. The highest BCUT2D eigenvalue weighted by atomic mass is 28.4. The van der Waals surface area contributed by atoms with Gasteiger partial charge in [-0.15, -0.1) is 0 Å². The van der Waals surface area contributed by atoms with Gasteiger partial charge in [-0.25, -0.2) is 0 Å². The molecule has 2 aromatic rings. The zero-order valence-electron chi connectivity index (χ0n) is 18.2. The van der Waals surface area contributed by atoms with Gasteiger partial charge in [-0.05, 0) is 58.7 Å². The predicted octanol–water partition coefficient (Wildman–Crippen LogP) is 6.83. The van der Waals surface area contributed by atoms with Crippen LogP contribution in [0.3, 0.4) is 0 Å². The molecule has 2 aromatic carbocycles. The molecule has 4 heteroatoms. The standard InChI is InChI=1S/C24H35NOSi2/c1-6-19-27(7-2,8-3)26-28(9-4,10-5)24-17-15-23(16-18-24)22-13-11-21(20-25)12-14-22/h11-18H,6-10,19H2,1-5H3. The molecular formula is C24H35NOSi2. The van der Waals surface area contributed by atoms with Crippen molar-refractivity contribution in [3.05, 3.63) is 54.1 Å². The summed E-state index contributed by atoms with van der Waals surface area (Å²) in [5.41, 5.74) is 3.06. The average molecular weight is 410 g/mol. The van der Waals surface area contributed by atoms with E-state index >= 15 is 0 Å². The number of rotatable bonds is 10. The summed E-state index contributed by atoms with van der Waals surface area (Å²) in [5, 5.41) is 10.4. The van der Waals surface area contributed by atoms with Crippen LogP contribution in [0.1, 0.15) is 46.6 Å². The Labute approximate surface area is 173 Å². The lowest BCUT2D eigenvalue weighted by molar-refractivity contribution is 0.519. The minimum Gasteiger partial charge on any atom is -0.452 e. The summed E-state index contributed by atoms with van der Waals surface area (Å²) in [7, 11) is -3.61. The highest BCUT2D eigenvalue weighted by molar-refractivity contribution is 6.94. The molecular weight excluding hydrogens is 374 g/mol. The normalized spacial score (nSPS) is 12.0. The molecule has 0 aromatic heterocycles. The quantitative estimate of drug-likeness (QED) is 0.403. The number of hydrogen-bond acceptors (Lipinski definition) is 2.